The molecule has 1 N–H and O–H groups in total. The number of fused-ring (bicyclic) bond motifs is 1. The van der Waals surface area contributed by atoms with Crippen LogP contribution in [0.1, 0.15) is 15.9 Å². The Morgan fingerprint density at radius 1 is 1.23 bits per heavy atom. The maximum Gasteiger partial charge on any atom is 0.312 e. The number of halogens is 2. The van der Waals surface area contributed by atoms with Crippen LogP contribution < -0.4 is 5.32 Å². The molecule has 8 heteroatoms. The summed E-state index contributed by atoms with van der Waals surface area (Å²) in [4.78, 5) is 24.4. The number of aryl methyl sites for hydroxylation is 1. The molecule has 2 aromatic carbocycles. The zero-order chi connectivity index (χ0) is 22.1. The van der Waals surface area contributed by atoms with Gasteiger partial charge in [-0.15, -0.1) is 0 Å². The molecular formula is C23H22F2N3O3. The number of hydrogen-bond acceptors (Lipinski definition) is 3. The van der Waals surface area contributed by atoms with Crippen molar-refractivity contribution in [2.24, 2.45) is 0 Å². The van der Waals surface area contributed by atoms with Crippen molar-refractivity contribution < 1.29 is 23.1 Å². The van der Waals surface area contributed by atoms with Gasteiger partial charge in [-0.3, -0.25) is 9.59 Å². The fourth-order valence-corrected chi connectivity index (χ4v) is 4.00. The number of nitrogens with zero attached hydrogens (tertiary/aromatic N) is 2. The predicted octanol–water partition coefficient (Wildman–Crippen LogP) is 3.02. The van der Waals surface area contributed by atoms with Gasteiger partial charge in [-0.05, 0) is 37.3 Å². The number of carbonyl (C=O) groups excluding carboxylic acids is 2. The molecule has 2 heterocycles. The first-order valence-corrected chi connectivity index (χ1v) is 9.97. The number of amides is 2. The van der Waals surface area contributed by atoms with Crippen LogP contribution in [0.2, 0.25) is 0 Å². The molecule has 4 rings (SSSR count). The Morgan fingerprint density at radius 2 is 1.97 bits per heavy atom. The lowest BCUT2D eigenvalue weighted by Gasteiger charge is -2.30. The average Bonchev–Trinajstić information content (AvgIpc) is 3.09. The van der Waals surface area contributed by atoms with Crippen molar-refractivity contribution in [3.05, 3.63) is 59.2 Å². The first-order valence-electron chi connectivity index (χ1n) is 9.97. The van der Waals surface area contributed by atoms with Crippen LogP contribution in [0.5, 0.6) is 0 Å². The Balaban J connectivity index is 1.83. The summed E-state index contributed by atoms with van der Waals surface area (Å²) in [5.74, 6) is -2.22. The van der Waals surface area contributed by atoms with Gasteiger partial charge < -0.3 is 19.5 Å². The molecular weight excluding hydrogens is 404 g/mol. The number of carbonyl (C=O) groups is 1. The fourth-order valence-electron chi connectivity index (χ4n) is 4.00. The molecule has 1 aliphatic heterocycles. The molecule has 1 saturated heterocycles. The van der Waals surface area contributed by atoms with Gasteiger partial charge in [0.1, 0.15) is 11.6 Å². The van der Waals surface area contributed by atoms with Gasteiger partial charge in [-0.1, -0.05) is 11.6 Å². The molecule has 1 fully saturated rings. The van der Waals surface area contributed by atoms with E-state index in [-0.39, 0.29) is 17.2 Å². The van der Waals surface area contributed by atoms with Crippen molar-refractivity contribution in [1.29, 1.82) is 0 Å². The number of morpholine rings is 1. The lowest BCUT2D eigenvalue weighted by atomic mass is 10.1. The van der Waals surface area contributed by atoms with Gasteiger partial charge in [-0.2, -0.15) is 0 Å². The summed E-state index contributed by atoms with van der Waals surface area (Å²) in [6, 6.07) is 9.56. The van der Waals surface area contributed by atoms with E-state index in [0.717, 1.165) is 28.6 Å². The van der Waals surface area contributed by atoms with Crippen LogP contribution in [0, 0.1) is 18.6 Å². The maximum atomic E-state index is 15.1. The van der Waals surface area contributed by atoms with E-state index in [1.165, 1.54) is 11.9 Å². The molecule has 0 spiro atoms. The van der Waals surface area contributed by atoms with Gasteiger partial charge in [0, 0.05) is 36.6 Å². The van der Waals surface area contributed by atoms with Gasteiger partial charge in [0.15, 0.2) is 0 Å². The molecule has 2 amide bonds. The normalized spacial score (nSPS) is 16.5. The number of benzene rings is 2. The molecule has 0 unspecified atom stereocenters. The minimum Gasteiger partial charge on any atom is -0.373 e. The summed E-state index contributed by atoms with van der Waals surface area (Å²) in [5.41, 5.74) is 1.85. The summed E-state index contributed by atoms with van der Waals surface area (Å²) < 4.78 is 37.7. The zero-order valence-electron chi connectivity index (χ0n) is 17.2. The van der Waals surface area contributed by atoms with Gasteiger partial charge in [-0.25, -0.2) is 8.78 Å². The highest BCUT2D eigenvalue weighted by Gasteiger charge is 2.25. The van der Waals surface area contributed by atoms with Crippen LogP contribution in [-0.2, 0) is 16.1 Å². The molecule has 1 radical (unpaired) electrons. The largest absolute Gasteiger partial charge is 0.373 e. The summed E-state index contributed by atoms with van der Waals surface area (Å²) >= 11 is 0. The maximum absolute atomic E-state index is 15.1. The highest BCUT2D eigenvalue weighted by Crippen LogP contribution is 2.33. The number of rotatable bonds is 5. The van der Waals surface area contributed by atoms with Crippen molar-refractivity contribution in [3.8, 4) is 11.3 Å². The molecule has 1 aromatic heterocycles. The number of aromatic nitrogens is 1. The molecule has 0 saturated carbocycles. The molecule has 0 aliphatic carbocycles. The summed E-state index contributed by atoms with van der Waals surface area (Å²) in [7, 11) is 1.40. The average molecular weight is 426 g/mol. The van der Waals surface area contributed by atoms with Crippen molar-refractivity contribution in [3.63, 3.8) is 0 Å². The standard InChI is InChI=1S/C23H22F2N3O3/c1-14-3-4-20-15(7-14)10-21(28(20)12-17-11-27(13-29)5-6-31-17)22-18(24)8-16(9-19(22)25)23(30)26-2/h3-4,7-10,17H,5-6,11-12H2,1-2H3,(H,26,30)/t17-/m1/s1. The number of ether oxygens (including phenoxy) is 1. The van der Waals surface area contributed by atoms with E-state index in [2.05, 4.69) is 5.32 Å². The summed E-state index contributed by atoms with van der Waals surface area (Å²) in [5, 5.41) is 3.20. The van der Waals surface area contributed by atoms with Crippen LogP contribution in [0.15, 0.2) is 36.4 Å². The SMILES string of the molecule is CNC(=O)c1cc(F)c(-c2cc3cc(C)ccc3n2C[C@H]2CN([C]=O)CCO2)c(F)c1. The van der Waals surface area contributed by atoms with Crippen LogP contribution in [0.4, 0.5) is 8.78 Å². The van der Waals surface area contributed by atoms with E-state index >= 15 is 8.78 Å². The van der Waals surface area contributed by atoms with E-state index in [4.69, 9.17) is 4.74 Å². The second-order valence-electron chi connectivity index (χ2n) is 7.63. The smallest absolute Gasteiger partial charge is 0.312 e. The van der Waals surface area contributed by atoms with Crippen molar-refractivity contribution in [1.82, 2.24) is 14.8 Å². The molecule has 1 aliphatic rings. The minimum atomic E-state index is -0.827. The second-order valence-corrected chi connectivity index (χ2v) is 7.63. The van der Waals surface area contributed by atoms with Gasteiger partial charge >= 0.3 is 6.41 Å². The molecule has 3 aromatic rings. The first kappa shape index (κ1) is 21.0. The van der Waals surface area contributed by atoms with E-state index in [1.807, 2.05) is 31.5 Å². The third-order valence-electron chi connectivity index (χ3n) is 5.50. The third-order valence-corrected chi connectivity index (χ3v) is 5.50. The topological polar surface area (TPSA) is 63.6 Å². The van der Waals surface area contributed by atoms with Crippen molar-refractivity contribution in [2.75, 3.05) is 26.7 Å². The van der Waals surface area contributed by atoms with Gasteiger partial charge in [0.2, 0.25) is 0 Å². The minimum absolute atomic E-state index is 0.0902. The highest BCUT2D eigenvalue weighted by molar-refractivity contribution is 5.95. The molecule has 0 bridgehead atoms. The van der Waals surface area contributed by atoms with E-state index in [1.54, 1.807) is 10.6 Å². The monoisotopic (exact) mass is 426 g/mol. The summed E-state index contributed by atoms with van der Waals surface area (Å²) in [6.45, 7) is 3.42. The Labute approximate surface area is 178 Å². The van der Waals surface area contributed by atoms with Crippen LogP contribution >= 0.6 is 0 Å². The molecule has 6 nitrogen and oxygen atoms in total. The highest BCUT2D eigenvalue weighted by atomic mass is 19.1. The van der Waals surface area contributed by atoms with Crippen molar-refractivity contribution in [2.45, 2.75) is 19.6 Å². The van der Waals surface area contributed by atoms with Gasteiger partial charge in [0.25, 0.3) is 5.91 Å². The molecule has 161 valence electrons. The number of nitrogens with one attached hydrogen (secondary N) is 1. The van der Waals surface area contributed by atoms with Crippen LogP contribution in [0.25, 0.3) is 22.2 Å². The number of hydrogen-bond donors (Lipinski definition) is 1. The fraction of sp³-hybridized carbons (Fsp3) is 0.304. The first-order chi connectivity index (χ1) is 14.9. The van der Waals surface area contributed by atoms with Crippen molar-refractivity contribution >= 4 is 23.2 Å². The van der Waals surface area contributed by atoms with E-state index in [9.17, 15) is 9.59 Å². The Morgan fingerprint density at radius 3 is 2.65 bits per heavy atom. The van der Waals surface area contributed by atoms with Crippen LogP contribution in [-0.4, -0.2) is 54.6 Å². The van der Waals surface area contributed by atoms with Gasteiger partial charge in [0.05, 0.1) is 30.5 Å². The molecule has 1 atom stereocenters. The zero-order valence-corrected chi connectivity index (χ0v) is 17.2. The van der Waals surface area contributed by atoms with E-state index in [0.29, 0.717) is 31.9 Å². The lowest BCUT2D eigenvalue weighted by Crippen LogP contribution is -2.43. The van der Waals surface area contributed by atoms with E-state index < -0.39 is 17.5 Å². The Bertz CT molecular complexity index is 1140. The molecule has 31 heavy (non-hydrogen) atoms. The lowest BCUT2D eigenvalue weighted by molar-refractivity contribution is -0.0140. The Hall–Kier alpha value is -3.26. The second kappa shape index (κ2) is 8.47. The summed E-state index contributed by atoms with van der Waals surface area (Å²) in [6.07, 6.45) is 1.54. The quantitative estimate of drug-likeness (QED) is 0.682. The third kappa shape index (κ3) is 4.03. The van der Waals surface area contributed by atoms with Crippen LogP contribution in [0.3, 0.4) is 0 Å². The Kier molecular flexibility index (Phi) is 5.73. The predicted molar refractivity (Wildman–Crippen MR) is 112 cm³/mol.